The molecule has 0 aromatic carbocycles. The molecule has 3 N–H and O–H groups in total. The highest BCUT2D eigenvalue weighted by atomic mass is 16.2. The minimum absolute atomic E-state index is 0.0202. The molecule has 6 heteroatoms. The molecule has 1 unspecified atom stereocenters. The van der Waals surface area contributed by atoms with Crippen molar-refractivity contribution < 1.29 is 4.79 Å². The number of carbonyl (C=O) groups excluding carboxylic acids is 1. The van der Waals surface area contributed by atoms with Crippen molar-refractivity contribution in [3.63, 3.8) is 0 Å². The summed E-state index contributed by atoms with van der Waals surface area (Å²) in [7, 11) is 0. The number of hydrogen-bond donors (Lipinski definition) is 3. The van der Waals surface area contributed by atoms with Crippen molar-refractivity contribution in [2.75, 3.05) is 32.7 Å². The van der Waals surface area contributed by atoms with Crippen LogP contribution in [0.15, 0.2) is 4.99 Å². The molecule has 2 fully saturated rings. The number of guanidine groups is 1. The average Bonchev–Trinajstić information content (AvgIpc) is 3.34. The summed E-state index contributed by atoms with van der Waals surface area (Å²) < 4.78 is 0. The molecular weight excluding hydrogens is 290 g/mol. The Morgan fingerprint density at radius 2 is 2.04 bits per heavy atom. The molecule has 2 rings (SSSR count). The Morgan fingerprint density at radius 3 is 2.74 bits per heavy atom. The van der Waals surface area contributed by atoms with E-state index in [0.29, 0.717) is 6.04 Å². The highest BCUT2D eigenvalue weighted by molar-refractivity contribution is 5.85. The van der Waals surface area contributed by atoms with E-state index in [4.69, 9.17) is 0 Å². The standard InChI is InChI=1S/C17H33N5O/c1-3-18-17(20-13-16(23)21-15-8-9-15)19-10-6-12-22-11-5-4-7-14(22)2/h14-15H,3-13H2,1-2H3,(H,21,23)(H2,18,19,20). The van der Waals surface area contributed by atoms with Crippen molar-refractivity contribution in [3.8, 4) is 0 Å². The van der Waals surface area contributed by atoms with Gasteiger partial charge in [-0.2, -0.15) is 0 Å². The number of hydrogen-bond acceptors (Lipinski definition) is 3. The van der Waals surface area contributed by atoms with Crippen LogP contribution in [-0.4, -0.2) is 61.6 Å². The molecule has 1 aliphatic carbocycles. The first-order valence-corrected chi connectivity index (χ1v) is 9.24. The summed E-state index contributed by atoms with van der Waals surface area (Å²) in [5.74, 6) is 0.761. The second kappa shape index (κ2) is 9.75. The molecule has 0 aromatic rings. The predicted molar refractivity (Wildman–Crippen MR) is 94.6 cm³/mol. The van der Waals surface area contributed by atoms with E-state index in [1.807, 2.05) is 6.92 Å². The Morgan fingerprint density at radius 1 is 1.22 bits per heavy atom. The van der Waals surface area contributed by atoms with Gasteiger partial charge in [0.05, 0.1) is 0 Å². The first kappa shape index (κ1) is 18.0. The molecule has 1 saturated heterocycles. The fraction of sp³-hybridized carbons (Fsp3) is 0.882. The Bertz CT molecular complexity index is 394. The van der Waals surface area contributed by atoms with Gasteiger partial charge in [0.2, 0.25) is 5.91 Å². The molecule has 6 nitrogen and oxygen atoms in total. The lowest BCUT2D eigenvalue weighted by molar-refractivity contribution is -0.119. The number of nitrogens with one attached hydrogen (secondary N) is 3. The minimum atomic E-state index is 0.0202. The monoisotopic (exact) mass is 323 g/mol. The van der Waals surface area contributed by atoms with E-state index < -0.39 is 0 Å². The third-order valence-electron chi connectivity index (χ3n) is 4.52. The Labute approximate surface area is 140 Å². The third kappa shape index (κ3) is 7.20. The second-order valence-corrected chi connectivity index (χ2v) is 6.70. The second-order valence-electron chi connectivity index (χ2n) is 6.70. The lowest BCUT2D eigenvalue weighted by Gasteiger charge is -2.33. The Kier molecular flexibility index (Phi) is 7.65. The molecular formula is C17H33N5O. The summed E-state index contributed by atoms with van der Waals surface area (Å²) in [6.45, 7) is 8.63. The van der Waals surface area contributed by atoms with Crippen molar-refractivity contribution in [2.24, 2.45) is 4.99 Å². The maximum atomic E-state index is 11.7. The molecule has 0 spiro atoms. The van der Waals surface area contributed by atoms with E-state index in [2.05, 4.69) is 32.8 Å². The number of nitrogens with zero attached hydrogens (tertiary/aromatic N) is 2. The Hall–Kier alpha value is -1.30. The SMILES string of the molecule is CCNC(=NCC(=O)NC1CC1)NCCCN1CCCCC1C. The third-order valence-corrected chi connectivity index (χ3v) is 4.52. The maximum absolute atomic E-state index is 11.7. The zero-order chi connectivity index (χ0) is 16.5. The normalized spacial score (nSPS) is 22.7. The number of amides is 1. The van der Waals surface area contributed by atoms with Crippen LogP contribution in [0.3, 0.4) is 0 Å². The summed E-state index contributed by atoms with van der Waals surface area (Å²) in [5, 5.41) is 9.49. The summed E-state index contributed by atoms with van der Waals surface area (Å²) in [4.78, 5) is 18.6. The fourth-order valence-corrected chi connectivity index (χ4v) is 2.97. The van der Waals surface area contributed by atoms with E-state index in [-0.39, 0.29) is 12.5 Å². The maximum Gasteiger partial charge on any atom is 0.242 e. The van der Waals surface area contributed by atoms with Crippen LogP contribution >= 0.6 is 0 Å². The van der Waals surface area contributed by atoms with Gasteiger partial charge in [-0.3, -0.25) is 4.79 Å². The summed E-state index contributed by atoms with van der Waals surface area (Å²) >= 11 is 0. The van der Waals surface area contributed by atoms with E-state index in [1.54, 1.807) is 0 Å². The van der Waals surface area contributed by atoms with Crippen molar-refractivity contribution in [1.82, 2.24) is 20.9 Å². The van der Waals surface area contributed by atoms with Gasteiger partial charge in [-0.15, -0.1) is 0 Å². The van der Waals surface area contributed by atoms with Gasteiger partial charge in [0, 0.05) is 31.7 Å². The molecule has 0 radical (unpaired) electrons. The quantitative estimate of drug-likeness (QED) is 0.355. The molecule has 0 aromatic heterocycles. The van der Waals surface area contributed by atoms with Crippen molar-refractivity contribution in [2.45, 2.75) is 64.5 Å². The van der Waals surface area contributed by atoms with Crippen molar-refractivity contribution in [1.29, 1.82) is 0 Å². The van der Waals surface area contributed by atoms with E-state index in [0.717, 1.165) is 50.9 Å². The largest absolute Gasteiger partial charge is 0.357 e. The highest BCUT2D eigenvalue weighted by Crippen LogP contribution is 2.18. The summed E-state index contributed by atoms with van der Waals surface area (Å²) in [6, 6.07) is 1.12. The number of rotatable bonds is 8. The molecule has 23 heavy (non-hydrogen) atoms. The highest BCUT2D eigenvalue weighted by Gasteiger charge is 2.22. The van der Waals surface area contributed by atoms with Gasteiger partial charge in [-0.25, -0.2) is 4.99 Å². The average molecular weight is 323 g/mol. The van der Waals surface area contributed by atoms with Gasteiger partial charge in [0.15, 0.2) is 5.96 Å². The number of aliphatic imine (C=N–C) groups is 1. The molecule has 1 amide bonds. The Balaban J connectivity index is 1.63. The topological polar surface area (TPSA) is 68.8 Å². The lowest BCUT2D eigenvalue weighted by Crippen LogP contribution is -2.41. The molecule has 1 heterocycles. The van der Waals surface area contributed by atoms with Crippen LogP contribution in [0.25, 0.3) is 0 Å². The zero-order valence-electron chi connectivity index (χ0n) is 14.7. The van der Waals surface area contributed by atoms with E-state index >= 15 is 0 Å². The van der Waals surface area contributed by atoms with Crippen LogP contribution in [-0.2, 0) is 4.79 Å². The van der Waals surface area contributed by atoms with Crippen molar-refractivity contribution in [3.05, 3.63) is 0 Å². The number of carbonyl (C=O) groups is 1. The summed E-state index contributed by atoms with van der Waals surface area (Å²) in [6.07, 6.45) is 7.36. The minimum Gasteiger partial charge on any atom is -0.357 e. The molecule has 1 aliphatic heterocycles. The molecule has 132 valence electrons. The molecule has 1 saturated carbocycles. The number of likely N-dealkylation sites (tertiary alicyclic amines) is 1. The van der Waals surface area contributed by atoms with Gasteiger partial charge >= 0.3 is 0 Å². The van der Waals surface area contributed by atoms with Crippen LogP contribution in [0.1, 0.15) is 52.4 Å². The summed E-state index contributed by atoms with van der Waals surface area (Å²) in [5.41, 5.74) is 0. The first-order valence-electron chi connectivity index (χ1n) is 9.24. The fourth-order valence-electron chi connectivity index (χ4n) is 2.97. The lowest BCUT2D eigenvalue weighted by atomic mass is 10.0. The zero-order valence-corrected chi connectivity index (χ0v) is 14.7. The van der Waals surface area contributed by atoms with Crippen LogP contribution in [0.4, 0.5) is 0 Å². The molecule has 0 bridgehead atoms. The van der Waals surface area contributed by atoms with E-state index in [1.165, 1.54) is 25.8 Å². The van der Waals surface area contributed by atoms with Crippen LogP contribution in [0.2, 0.25) is 0 Å². The predicted octanol–water partition coefficient (Wildman–Crippen LogP) is 1.08. The molecule has 1 atom stereocenters. The van der Waals surface area contributed by atoms with Gasteiger partial charge in [0.1, 0.15) is 6.54 Å². The van der Waals surface area contributed by atoms with Gasteiger partial charge in [-0.05, 0) is 52.5 Å². The van der Waals surface area contributed by atoms with Crippen LogP contribution < -0.4 is 16.0 Å². The van der Waals surface area contributed by atoms with Gasteiger partial charge in [-0.1, -0.05) is 6.42 Å². The van der Waals surface area contributed by atoms with Crippen LogP contribution in [0.5, 0.6) is 0 Å². The van der Waals surface area contributed by atoms with Crippen molar-refractivity contribution >= 4 is 11.9 Å². The molecule has 2 aliphatic rings. The van der Waals surface area contributed by atoms with E-state index in [9.17, 15) is 4.79 Å². The number of piperidine rings is 1. The van der Waals surface area contributed by atoms with Gasteiger partial charge < -0.3 is 20.9 Å². The first-order chi connectivity index (χ1) is 11.2. The van der Waals surface area contributed by atoms with Crippen LogP contribution in [0, 0.1) is 0 Å². The van der Waals surface area contributed by atoms with Gasteiger partial charge in [0.25, 0.3) is 0 Å². The smallest absolute Gasteiger partial charge is 0.242 e.